The average Bonchev–Trinajstić information content (AvgIpc) is 3.18. The number of nitro benzene ring substituents is 1. The number of aryl methyl sites for hydroxylation is 1. The van der Waals surface area contributed by atoms with E-state index < -0.39 is 16.8 Å². The molecule has 0 aliphatic carbocycles. The van der Waals surface area contributed by atoms with Crippen LogP contribution >= 0.6 is 11.6 Å². The maximum Gasteiger partial charge on any atom is 0.345 e. The molecule has 9 nitrogen and oxygen atoms in total. The molecule has 4 rings (SSSR count). The first-order valence-electron chi connectivity index (χ1n) is 9.22. The molecule has 10 heteroatoms. The van der Waals surface area contributed by atoms with Gasteiger partial charge in [-0.05, 0) is 31.2 Å². The normalized spacial score (nSPS) is 14.8. The average molecular weight is 452 g/mol. The molecular weight excluding hydrogens is 438 g/mol. The Morgan fingerprint density at radius 1 is 1.25 bits per heavy atom. The Bertz CT molecular complexity index is 1340. The first kappa shape index (κ1) is 21.0. The fourth-order valence-electron chi connectivity index (χ4n) is 3.35. The third-order valence-corrected chi connectivity index (χ3v) is 5.16. The molecule has 1 aliphatic heterocycles. The highest BCUT2D eigenvalue weighted by Gasteiger charge is 2.33. The highest BCUT2D eigenvalue weighted by molar-refractivity contribution is 6.33. The third kappa shape index (κ3) is 3.75. The zero-order valence-electron chi connectivity index (χ0n) is 16.5. The van der Waals surface area contributed by atoms with Crippen molar-refractivity contribution in [2.45, 2.75) is 12.8 Å². The van der Waals surface area contributed by atoms with E-state index in [2.05, 4.69) is 6.07 Å². The van der Waals surface area contributed by atoms with E-state index in [1.54, 1.807) is 25.1 Å². The summed E-state index contributed by atoms with van der Waals surface area (Å²) in [5.41, 5.74) is 6.29. The number of rotatable bonds is 4. The van der Waals surface area contributed by atoms with E-state index in [1.165, 1.54) is 24.3 Å². The molecule has 2 aromatic carbocycles. The van der Waals surface area contributed by atoms with E-state index in [9.17, 15) is 20.2 Å². The number of nitriles is 1. The van der Waals surface area contributed by atoms with Crippen LogP contribution in [0.4, 0.5) is 5.69 Å². The minimum Gasteiger partial charge on any atom is -0.465 e. The zero-order chi connectivity index (χ0) is 23.0. The quantitative estimate of drug-likeness (QED) is 0.262. The molecule has 2 N–H and O–H groups in total. The standard InChI is InChI=1S/C22H14ClN3O6/c1-11-2-7-18(30-11)20-14-5-4-13(9-19(14)32-21(25)16(20)10-24)31-22(27)15-8-12(26(28)29)3-6-17(15)23/h2-9,20H,25H2,1H3. The first-order chi connectivity index (χ1) is 15.3. The van der Waals surface area contributed by atoms with Crippen LogP contribution in [0.5, 0.6) is 11.5 Å². The summed E-state index contributed by atoms with van der Waals surface area (Å²) in [4.78, 5) is 22.9. The number of ether oxygens (including phenoxy) is 2. The molecular formula is C22H14ClN3O6. The van der Waals surface area contributed by atoms with Crippen molar-refractivity contribution < 1.29 is 23.6 Å². The zero-order valence-corrected chi connectivity index (χ0v) is 17.3. The first-order valence-corrected chi connectivity index (χ1v) is 9.60. The Morgan fingerprint density at radius 2 is 2.03 bits per heavy atom. The molecule has 0 spiro atoms. The van der Waals surface area contributed by atoms with Crippen molar-refractivity contribution in [2.75, 3.05) is 0 Å². The van der Waals surface area contributed by atoms with Crippen molar-refractivity contribution in [1.82, 2.24) is 0 Å². The van der Waals surface area contributed by atoms with Gasteiger partial charge in [-0.2, -0.15) is 5.26 Å². The van der Waals surface area contributed by atoms with E-state index >= 15 is 0 Å². The molecule has 160 valence electrons. The SMILES string of the molecule is Cc1ccc(C2C(C#N)=C(N)Oc3cc(OC(=O)c4cc([N+](=O)[O-])ccc4Cl)ccc32)o1. The molecule has 32 heavy (non-hydrogen) atoms. The summed E-state index contributed by atoms with van der Waals surface area (Å²) in [5.74, 6) is -0.00979. The van der Waals surface area contributed by atoms with Gasteiger partial charge in [-0.15, -0.1) is 0 Å². The monoisotopic (exact) mass is 451 g/mol. The number of carbonyl (C=O) groups excluding carboxylic acids is 1. The minimum atomic E-state index is -0.881. The minimum absolute atomic E-state index is 0.00824. The van der Waals surface area contributed by atoms with Gasteiger partial charge in [0.2, 0.25) is 5.88 Å². The van der Waals surface area contributed by atoms with Crippen LogP contribution < -0.4 is 15.2 Å². The molecule has 2 heterocycles. The summed E-state index contributed by atoms with van der Waals surface area (Å²) < 4.78 is 16.6. The van der Waals surface area contributed by atoms with Crippen LogP contribution in [0, 0.1) is 28.4 Å². The second-order valence-electron chi connectivity index (χ2n) is 6.88. The Hall–Kier alpha value is -4.29. The number of non-ortho nitro benzene ring substituents is 1. The highest BCUT2D eigenvalue weighted by atomic mass is 35.5. The van der Waals surface area contributed by atoms with Gasteiger partial charge >= 0.3 is 5.97 Å². The lowest BCUT2D eigenvalue weighted by Gasteiger charge is -2.25. The summed E-state index contributed by atoms with van der Waals surface area (Å²) in [7, 11) is 0. The van der Waals surface area contributed by atoms with Crippen LogP contribution in [-0.4, -0.2) is 10.9 Å². The van der Waals surface area contributed by atoms with Gasteiger partial charge in [-0.25, -0.2) is 4.79 Å². The number of hydrogen-bond donors (Lipinski definition) is 1. The number of benzene rings is 2. The molecule has 0 bridgehead atoms. The number of carbonyl (C=O) groups is 1. The molecule has 0 fully saturated rings. The summed E-state index contributed by atoms with van der Waals surface area (Å²) in [5, 5.41) is 20.6. The summed E-state index contributed by atoms with van der Waals surface area (Å²) in [6.45, 7) is 1.78. The predicted octanol–water partition coefficient (Wildman–Crippen LogP) is 4.59. The lowest BCUT2D eigenvalue weighted by molar-refractivity contribution is -0.384. The van der Waals surface area contributed by atoms with Crippen LogP contribution in [0.15, 0.2) is 64.4 Å². The largest absolute Gasteiger partial charge is 0.465 e. The van der Waals surface area contributed by atoms with Crippen molar-refractivity contribution in [3.8, 4) is 17.6 Å². The fourth-order valence-corrected chi connectivity index (χ4v) is 3.54. The van der Waals surface area contributed by atoms with Gasteiger partial charge in [0.1, 0.15) is 34.7 Å². The summed E-state index contributed by atoms with van der Waals surface area (Å²) in [6, 6.07) is 13.6. The maximum atomic E-state index is 12.6. The molecule has 1 aromatic heterocycles. The number of allylic oxidation sites excluding steroid dienone is 1. The van der Waals surface area contributed by atoms with Gasteiger partial charge < -0.3 is 19.6 Å². The number of fused-ring (bicyclic) bond motifs is 1. The van der Waals surface area contributed by atoms with Crippen LogP contribution in [-0.2, 0) is 0 Å². The van der Waals surface area contributed by atoms with E-state index in [-0.39, 0.29) is 39.2 Å². The second kappa shape index (κ2) is 8.09. The predicted molar refractivity (Wildman–Crippen MR) is 112 cm³/mol. The van der Waals surface area contributed by atoms with Gasteiger partial charge in [0.25, 0.3) is 5.69 Å². The Labute approximate surface area is 186 Å². The molecule has 1 atom stereocenters. The van der Waals surface area contributed by atoms with Gasteiger partial charge in [0.15, 0.2) is 0 Å². The van der Waals surface area contributed by atoms with Crippen LogP contribution in [0.1, 0.15) is 33.4 Å². The number of esters is 1. The van der Waals surface area contributed by atoms with E-state index in [1.807, 2.05) is 0 Å². The summed E-state index contributed by atoms with van der Waals surface area (Å²) >= 11 is 6.01. The Kier molecular flexibility index (Phi) is 5.30. The molecule has 0 saturated carbocycles. The number of nitrogens with zero attached hydrogens (tertiary/aromatic N) is 2. The molecule has 0 radical (unpaired) electrons. The van der Waals surface area contributed by atoms with Gasteiger partial charge in [-0.3, -0.25) is 10.1 Å². The lowest BCUT2D eigenvalue weighted by Crippen LogP contribution is -2.21. The van der Waals surface area contributed by atoms with Crippen LogP contribution in [0.25, 0.3) is 0 Å². The number of nitro groups is 1. The Morgan fingerprint density at radius 3 is 2.69 bits per heavy atom. The molecule has 3 aromatic rings. The van der Waals surface area contributed by atoms with Crippen molar-refractivity contribution in [1.29, 1.82) is 5.26 Å². The molecule has 1 unspecified atom stereocenters. The number of furan rings is 1. The van der Waals surface area contributed by atoms with Crippen LogP contribution in [0.2, 0.25) is 5.02 Å². The smallest absolute Gasteiger partial charge is 0.345 e. The Balaban J connectivity index is 1.68. The lowest BCUT2D eigenvalue weighted by atomic mass is 9.87. The molecule has 0 saturated heterocycles. The third-order valence-electron chi connectivity index (χ3n) is 4.83. The van der Waals surface area contributed by atoms with Gasteiger partial charge in [-0.1, -0.05) is 17.7 Å². The topological polar surface area (TPSA) is 142 Å². The van der Waals surface area contributed by atoms with Crippen molar-refractivity contribution in [3.63, 3.8) is 0 Å². The van der Waals surface area contributed by atoms with Gasteiger partial charge in [0.05, 0.1) is 21.4 Å². The molecule has 0 amide bonds. The van der Waals surface area contributed by atoms with E-state index in [0.717, 1.165) is 6.07 Å². The second-order valence-corrected chi connectivity index (χ2v) is 7.29. The number of hydrogen-bond acceptors (Lipinski definition) is 8. The van der Waals surface area contributed by atoms with Crippen molar-refractivity contribution in [3.05, 3.63) is 97.8 Å². The van der Waals surface area contributed by atoms with Crippen LogP contribution in [0.3, 0.4) is 0 Å². The van der Waals surface area contributed by atoms with Crippen molar-refractivity contribution >= 4 is 23.3 Å². The van der Waals surface area contributed by atoms with E-state index in [4.69, 9.17) is 31.2 Å². The van der Waals surface area contributed by atoms with Gasteiger partial charge in [0, 0.05) is 23.8 Å². The number of halogens is 1. The van der Waals surface area contributed by atoms with Crippen molar-refractivity contribution in [2.24, 2.45) is 5.73 Å². The fraction of sp³-hybridized carbons (Fsp3) is 0.0909. The van der Waals surface area contributed by atoms with E-state index in [0.29, 0.717) is 17.1 Å². The summed E-state index contributed by atoms with van der Waals surface area (Å²) in [6.07, 6.45) is 0. The highest BCUT2D eigenvalue weighted by Crippen LogP contribution is 2.43. The maximum absolute atomic E-state index is 12.6. The number of nitrogens with two attached hydrogens (primary N) is 1. The molecule has 1 aliphatic rings.